The van der Waals surface area contributed by atoms with Crippen molar-refractivity contribution in [2.75, 3.05) is 13.2 Å². The molecular formula is C71H135NO8. The molecule has 1 fully saturated rings. The summed E-state index contributed by atoms with van der Waals surface area (Å²) in [7, 11) is 0. The summed E-state index contributed by atoms with van der Waals surface area (Å²) in [5, 5.41) is 54.9. The maximum Gasteiger partial charge on any atom is 0.220 e. The van der Waals surface area contributed by atoms with Crippen LogP contribution in [0.15, 0.2) is 36.5 Å². The normalized spacial score (nSPS) is 18.6. The number of carbonyl (C=O) groups excluding carboxylic acids is 1. The molecule has 1 aliphatic heterocycles. The first-order valence-corrected chi connectivity index (χ1v) is 35.2. The van der Waals surface area contributed by atoms with Gasteiger partial charge in [-0.15, -0.1) is 0 Å². The Morgan fingerprint density at radius 2 is 0.738 bits per heavy atom. The molecule has 472 valence electrons. The molecule has 0 spiro atoms. The van der Waals surface area contributed by atoms with Crippen molar-refractivity contribution in [3.8, 4) is 0 Å². The van der Waals surface area contributed by atoms with Gasteiger partial charge in [-0.25, -0.2) is 0 Å². The largest absolute Gasteiger partial charge is 0.394 e. The zero-order chi connectivity index (χ0) is 57.9. The van der Waals surface area contributed by atoms with E-state index in [1.807, 2.05) is 0 Å². The Labute approximate surface area is 495 Å². The molecular weight excluding hydrogens is 995 g/mol. The maximum absolute atomic E-state index is 13.1. The number of unbranched alkanes of at least 4 members (excludes halogenated alkanes) is 46. The third-order valence-corrected chi connectivity index (χ3v) is 17.0. The number of aliphatic hydroxyl groups is 5. The number of nitrogens with one attached hydrogen (secondary N) is 1. The van der Waals surface area contributed by atoms with Crippen LogP contribution in [0.2, 0.25) is 0 Å². The number of hydrogen-bond acceptors (Lipinski definition) is 8. The van der Waals surface area contributed by atoms with Gasteiger partial charge in [-0.05, 0) is 51.4 Å². The molecule has 0 aromatic carbocycles. The SMILES string of the molecule is CCCCCCC/C=C\C/C=C\C/C=C\CCCCCCCCCCCCCCCCCCCCCCCCCCC(=O)NC(COC1OC(CO)C(O)C(O)C1O)C(O)CCCCCCCCCCCCCCCCCCCC. The predicted molar refractivity (Wildman–Crippen MR) is 341 cm³/mol. The van der Waals surface area contributed by atoms with Gasteiger partial charge in [-0.3, -0.25) is 4.79 Å². The molecule has 9 nitrogen and oxygen atoms in total. The van der Waals surface area contributed by atoms with Crippen LogP contribution in [0, 0.1) is 0 Å². The summed E-state index contributed by atoms with van der Waals surface area (Å²) >= 11 is 0. The van der Waals surface area contributed by atoms with Crippen LogP contribution < -0.4 is 5.32 Å². The minimum absolute atomic E-state index is 0.133. The Hall–Kier alpha value is -1.59. The van der Waals surface area contributed by atoms with Crippen LogP contribution in [0.1, 0.15) is 354 Å². The molecule has 7 unspecified atom stereocenters. The number of allylic oxidation sites excluding steroid dienone is 6. The zero-order valence-corrected chi connectivity index (χ0v) is 52.9. The second-order valence-electron chi connectivity index (χ2n) is 24.7. The third-order valence-electron chi connectivity index (χ3n) is 17.0. The summed E-state index contributed by atoms with van der Waals surface area (Å²) in [4.78, 5) is 13.1. The molecule has 7 atom stereocenters. The van der Waals surface area contributed by atoms with E-state index in [2.05, 4.69) is 55.6 Å². The van der Waals surface area contributed by atoms with Crippen LogP contribution in [-0.2, 0) is 14.3 Å². The number of amides is 1. The van der Waals surface area contributed by atoms with Gasteiger partial charge in [-0.1, -0.05) is 333 Å². The first-order valence-electron chi connectivity index (χ1n) is 35.2. The van der Waals surface area contributed by atoms with Gasteiger partial charge in [0.15, 0.2) is 6.29 Å². The predicted octanol–water partition coefficient (Wildman–Crippen LogP) is 19.0. The van der Waals surface area contributed by atoms with E-state index in [1.54, 1.807) is 0 Å². The monoisotopic (exact) mass is 1130 g/mol. The summed E-state index contributed by atoms with van der Waals surface area (Å²) in [6.07, 6.45) is 73.6. The molecule has 9 heteroatoms. The van der Waals surface area contributed by atoms with Gasteiger partial charge in [-0.2, -0.15) is 0 Å². The molecule has 1 rings (SSSR count). The third kappa shape index (κ3) is 48.7. The first-order chi connectivity index (χ1) is 39.3. The summed E-state index contributed by atoms with van der Waals surface area (Å²) in [5.41, 5.74) is 0. The topological polar surface area (TPSA) is 149 Å². The lowest BCUT2D eigenvalue weighted by Crippen LogP contribution is -2.60. The first kappa shape index (κ1) is 76.4. The molecule has 0 aliphatic carbocycles. The summed E-state index contributed by atoms with van der Waals surface area (Å²) in [6, 6.07) is -0.717. The molecule has 0 aromatic heterocycles. The number of aliphatic hydroxyl groups excluding tert-OH is 5. The zero-order valence-electron chi connectivity index (χ0n) is 52.9. The second kappa shape index (κ2) is 60.5. The molecule has 0 bridgehead atoms. The number of carbonyl (C=O) groups is 1. The molecule has 1 heterocycles. The molecule has 1 saturated heterocycles. The van der Waals surface area contributed by atoms with Crippen LogP contribution in [0.5, 0.6) is 0 Å². The Bertz CT molecular complexity index is 1360. The highest BCUT2D eigenvalue weighted by atomic mass is 16.7. The van der Waals surface area contributed by atoms with Gasteiger partial charge in [0.25, 0.3) is 0 Å². The molecule has 1 aliphatic rings. The summed E-state index contributed by atoms with van der Waals surface area (Å²) < 4.78 is 11.4. The van der Waals surface area contributed by atoms with Crippen LogP contribution in [0.25, 0.3) is 0 Å². The number of hydrogen-bond donors (Lipinski definition) is 6. The van der Waals surface area contributed by atoms with Crippen molar-refractivity contribution >= 4 is 5.91 Å². The quantitative estimate of drug-likeness (QED) is 0.0261. The Morgan fingerprint density at radius 1 is 0.425 bits per heavy atom. The van der Waals surface area contributed by atoms with E-state index in [0.717, 1.165) is 51.4 Å². The standard InChI is InChI=1S/C71H135NO8/c1-3-5-7-9-11-13-15-17-19-21-23-24-25-26-27-28-29-30-31-32-33-34-35-36-37-38-39-40-41-42-43-45-47-49-51-53-55-57-59-61-67(75)72-64(63-79-71-70(78)69(77)68(76)66(62-73)80-71)65(74)60-58-56-54-52-50-48-46-44-22-20-18-16-14-12-10-8-6-4-2/h15,17,21,23,25-26,64-66,68-71,73-74,76-78H,3-14,16,18-20,22,24,27-63H2,1-2H3,(H,72,75)/b17-15-,23-21-,26-25-. The van der Waals surface area contributed by atoms with Gasteiger partial charge in [0, 0.05) is 6.42 Å². The van der Waals surface area contributed by atoms with E-state index in [0.29, 0.717) is 12.8 Å². The fraction of sp³-hybridized carbons (Fsp3) is 0.901. The number of rotatable bonds is 62. The highest BCUT2D eigenvalue weighted by molar-refractivity contribution is 5.76. The lowest BCUT2D eigenvalue weighted by Gasteiger charge is -2.40. The smallest absolute Gasteiger partial charge is 0.220 e. The molecule has 0 aromatic rings. The van der Waals surface area contributed by atoms with Crippen molar-refractivity contribution < 1.29 is 39.8 Å². The van der Waals surface area contributed by atoms with Gasteiger partial charge >= 0.3 is 0 Å². The van der Waals surface area contributed by atoms with Crippen molar-refractivity contribution in [1.29, 1.82) is 0 Å². The van der Waals surface area contributed by atoms with Crippen molar-refractivity contribution in [2.45, 2.75) is 397 Å². The lowest BCUT2D eigenvalue weighted by atomic mass is 9.99. The van der Waals surface area contributed by atoms with E-state index in [1.165, 1.54) is 276 Å². The van der Waals surface area contributed by atoms with Crippen molar-refractivity contribution in [2.24, 2.45) is 0 Å². The van der Waals surface area contributed by atoms with E-state index in [9.17, 15) is 30.3 Å². The average molecular weight is 1130 g/mol. The van der Waals surface area contributed by atoms with Crippen molar-refractivity contribution in [1.82, 2.24) is 5.32 Å². The van der Waals surface area contributed by atoms with E-state index in [-0.39, 0.29) is 12.5 Å². The van der Waals surface area contributed by atoms with Crippen LogP contribution in [-0.4, -0.2) is 87.5 Å². The minimum Gasteiger partial charge on any atom is -0.394 e. The highest BCUT2D eigenvalue weighted by Crippen LogP contribution is 2.24. The van der Waals surface area contributed by atoms with Crippen LogP contribution >= 0.6 is 0 Å². The Kier molecular flexibility index (Phi) is 57.8. The van der Waals surface area contributed by atoms with E-state index in [4.69, 9.17) is 9.47 Å². The van der Waals surface area contributed by atoms with E-state index < -0.39 is 49.5 Å². The number of ether oxygens (including phenoxy) is 2. The highest BCUT2D eigenvalue weighted by Gasteiger charge is 2.44. The second-order valence-corrected chi connectivity index (χ2v) is 24.7. The maximum atomic E-state index is 13.1. The average Bonchev–Trinajstić information content (AvgIpc) is 3.46. The van der Waals surface area contributed by atoms with Crippen LogP contribution in [0.3, 0.4) is 0 Å². The van der Waals surface area contributed by atoms with Crippen LogP contribution in [0.4, 0.5) is 0 Å². The summed E-state index contributed by atoms with van der Waals surface area (Å²) in [6.45, 7) is 3.87. The molecule has 6 N–H and O–H groups in total. The Morgan fingerprint density at radius 3 is 1.09 bits per heavy atom. The minimum atomic E-state index is -1.55. The lowest BCUT2D eigenvalue weighted by molar-refractivity contribution is -0.302. The summed E-state index contributed by atoms with van der Waals surface area (Å²) in [5.74, 6) is -0.137. The van der Waals surface area contributed by atoms with E-state index >= 15 is 0 Å². The Balaban J connectivity index is 2.04. The van der Waals surface area contributed by atoms with Crippen molar-refractivity contribution in [3.63, 3.8) is 0 Å². The molecule has 0 saturated carbocycles. The van der Waals surface area contributed by atoms with Gasteiger partial charge < -0.3 is 40.3 Å². The fourth-order valence-corrected chi connectivity index (χ4v) is 11.5. The fourth-order valence-electron chi connectivity index (χ4n) is 11.5. The van der Waals surface area contributed by atoms with Gasteiger partial charge in [0.05, 0.1) is 25.4 Å². The molecule has 80 heavy (non-hydrogen) atoms. The molecule has 0 radical (unpaired) electrons. The van der Waals surface area contributed by atoms with Crippen molar-refractivity contribution in [3.05, 3.63) is 36.5 Å². The molecule has 1 amide bonds. The van der Waals surface area contributed by atoms with Gasteiger partial charge in [0.1, 0.15) is 24.4 Å². The van der Waals surface area contributed by atoms with Gasteiger partial charge in [0.2, 0.25) is 5.91 Å².